The maximum Gasteiger partial charge on any atom is 0.201 e. The largest absolute Gasteiger partial charge is 0.323 e. The zero-order valence-electron chi connectivity index (χ0n) is 24.3. The molecule has 2 spiro atoms. The molecule has 10 fully saturated rings. The Morgan fingerprint density at radius 3 is 1.41 bits per heavy atom. The maximum atomic E-state index is 6.85. The van der Waals surface area contributed by atoms with E-state index in [1.54, 1.807) is 0 Å². The lowest BCUT2D eigenvalue weighted by atomic mass is 9.58. The van der Waals surface area contributed by atoms with Crippen LogP contribution in [0.15, 0.2) is 0 Å². The normalized spacial score (nSPS) is 63.5. The third-order valence-corrected chi connectivity index (χ3v) is 12.5. The number of hydrogen-bond acceptors (Lipinski definition) is 9. The Labute approximate surface area is 231 Å². The maximum absolute atomic E-state index is 6.85. The first-order valence-electron chi connectivity index (χ1n) is 15.6. The Bertz CT molecular complexity index is 919. The predicted molar refractivity (Wildman–Crippen MR) is 135 cm³/mol. The van der Waals surface area contributed by atoms with Crippen molar-refractivity contribution in [3.63, 3.8) is 0 Å². The molecule has 0 aromatic heterocycles. The summed E-state index contributed by atoms with van der Waals surface area (Å²) >= 11 is 0. The van der Waals surface area contributed by atoms with Crippen LogP contribution in [0, 0.1) is 47.3 Å². The second-order valence-corrected chi connectivity index (χ2v) is 14.7. The van der Waals surface area contributed by atoms with Crippen LogP contribution in [0.2, 0.25) is 0 Å². The number of hydrogen-bond donors (Lipinski definition) is 0. The van der Waals surface area contributed by atoms with Crippen molar-refractivity contribution in [2.24, 2.45) is 47.3 Å². The van der Waals surface area contributed by atoms with Gasteiger partial charge in [-0.25, -0.2) is 19.6 Å². The summed E-state index contributed by atoms with van der Waals surface area (Å²) in [7, 11) is 0. The summed E-state index contributed by atoms with van der Waals surface area (Å²) in [4.78, 5) is 24.6. The lowest BCUT2D eigenvalue weighted by Gasteiger charge is -2.62. The SMILES string of the molecule is CC1CC[C@H]2[C@@H](C)[C@@H](O[C@H]3O[C@@H]4O[C@@]5(C)CC[C@H]6[C@H](C)CC[C@@H]([C@H]3C)[C@@]46OO5)O[C@@H]3O[C@]4(C)CC[C@H]1[C@]32OO4. The average molecular weight is 551 g/mol. The van der Waals surface area contributed by atoms with Gasteiger partial charge in [0.1, 0.15) is 0 Å². The molecule has 9 heteroatoms. The summed E-state index contributed by atoms with van der Waals surface area (Å²) in [6.45, 7) is 13.0. The second-order valence-electron chi connectivity index (χ2n) is 14.7. The van der Waals surface area contributed by atoms with Crippen LogP contribution >= 0.6 is 0 Å². The molecule has 4 bridgehead atoms. The van der Waals surface area contributed by atoms with Crippen molar-refractivity contribution in [3.05, 3.63) is 0 Å². The molecule has 8 saturated heterocycles. The van der Waals surface area contributed by atoms with Crippen molar-refractivity contribution in [1.82, 2.24) is 0 Å². The van der Waals surface area contributed by atoms with Gasteiger partial charge in [0.15, 0.2) is 36.4 Å². The molecule has 0 N–H and O–H groups in total. The van der Waals surface area contributed by atoms with Gasteiger partial charge in [0.25, 0.3) is 0 Å². The molecule has 220 valence electrons. The highest BCUT2D eigenvalue weighted by Gasteiger charge is 2.72. The molecular weight excluding hydrogens is 504 g/mol. The molecule has 0 radical (unpaired) electrons. The quantitative estimate of drug-likeness (QED) is 0.419. The van der Waals surface area contributed by atoms with Crippen LogP contribution in [0.5, 0.6) is 0 Å². The van der Waals surface area contributed by atoms with Crippen LogP contribution < -0.4 is 0 Å². The molecule has 8 heterocycles. The molecule has 0 aromatic rings. The average Bonchev–Trinajstić information content (AvgIpc) is 3.27. The summed E-state index contributed by atoms with van der Waals surface area (Å²) in [6, 6.07) is 0. The van der Waals surface area contributed by atoms with E-state index in [0.29, 0.717) is 23.7 Å². The highest BCUT2D eigenvalue weighted by molar-refractivity contribution is 5.11. The van der Waals surface area contributed by atoms with E-state index in [9.17, 15) is 0 Å². The van der Waals surface area contributed by atoms with E-state index in [1.165, 1.54) is 0 Å². The van der Waals surface area contributed by atoms with Gasteiger partial charge in [0.05, 0.1) is 0 Å². The van der Waals surface area contributed by atoms with E-state index < -0.39 is 47.9 Å². The lowest BCUT2D eigenvalue weighted by molar-refractivity contribution is -0.590. The van der Waals surface area contributed by atoms with Crippen LogP contribution in [0.25, 0.3) is 0 Å². The molecule has 39 heavy (non-hydrogen) atoms. The van der Waals surface area contributed by atoms with Crippen molar-refractivity contribution in [2.45, 2.75) is 141 Å². The molecule has 16 atom stereocenters. The molecule has 1 unspecified atom stereocenters. The third kappa shape index (κ3) is 3.45. The van der Waals surface area contributed by atoms with E-state index in [4.69, 9.17) is 43.2 Å². The molecule has 10 rings (SSSR count). The standard InChI is InChI=1S/C30H46O9/c1-15-7-9-21-17(3)23(32-25-29(21)19(15)11-13-27(5,34-25)36-38-29)31-24-18(4)22-10-8-16(2)20-12-14-28(6)35-26(33-24)30(20,22)39-37-28/h15-26H,7-14H2,1-6H3/t15-,16?,17-,18-,19+,20-,21+,22+,23+,24+,25-,26-,27-,28+,29-,30-/m1/s1. The molecule has 2 saturated carbocycles. The molecule has 0 aromatic carbocycles. The minimum Gasteiger partial charge on any atom is -0.323 e. The van der Waals surface area contributed by atoms with Crippen molar-refractivity contribution in [2.75, 3.05) is 0 Å². The van der Waals surface area contributed by atoms with Crippen LogP contribution in [-0.2, 0) is 43.2 Å². The van der Waals surface area contributed by atoms with Crippen molar-refractivity contribution < 1.29 is 43.2 Å². The lowest BCUT2D eigenvalue weighted by Crippen LogP contribution is -2.72. The summed E-state index contributed by atoms with van der Waals surface area (Å²) in [5.74, 6) is 0.661. The number of ether oxygens (including phenoxy) is 5. The monoisotopic (exact) mass is 550 g/mol. The molecule has 2 aliphatic carbocycles. The van der Waals surface area contributed by atoms with E-state index in [2.05, 4.69) is 27.7 Å². The zero-order chi connectivity index (χ0) is 26.9. The van der Waals surface area contributed by atoms with Gasteiger partial charge in [0, 0.05) is 36.5 Å². The Hall–Kier alpha value is -0.360. The van der Waals surface area contributed by atoms with Gasteiger partial charge in [-0.3, -0.25) is 0 Å². The van der Waals surface area contributed by atoms with Crippen LogP contribution in [0.1, 0.15) is 92.9 Å². The molecule has 9 nitrogen and oxygen atoms in total. The van der Waals surface area contributed by atoms with Crippen molar-refractivity contribution in [1.29, 1.82) is 0 Å². The van der Waals surface area contributed by atoms with E-state index in [0.717, 1.165) is 51.4 Å². The summed E-state index contributed by atoms with van der Waals surface area (Å²) < 4.78 is 33.4. The first-order valence-corrected chi connectivity index (χ1v) is 15.6. The fourth-order valence-corrected chi connectivity index (χ4v) is 10.2. The van der Waals surface area contributed by atoms with Crippen molar-refractivity contribution >= 4 is 0 Å². The highest BCUT2D eigenvalue weighted by Crippen LogP contribution is 2.63. The fourth-order valence-electron chi connectivity index (χ4n) is 10.2. The van der Waals surface area contributed by atoms with Gasteiger partial charge in [-0.05, 0) is 76.0 Å². The number of rotatable bonds is 2. The van der Waals surface area contributed by atoms with Crippen LogP contribution in [0.3, 0.4) is 0 Å². The van der Waals surface area contributed by atoms with Gasteiger partial charge in [-0.2, -0.15) is 0 Å². The topological polar surface area (TPSA) is 83.1 Å². The Balaban J connectivity index is 1.09. The Morgan fingerprint density at radius 1 is 0.538 bits per heavy atom. The van der Waals surface area contributed by atoms with Gasteiger partial charge in [-0.1, -0.05) is 27.7 Å². The predicted octanol–water partition coefficient (Wildman–Crippen LogP) is 5.42. The summed E-state index contributed by atoms with van der Waals surface area (Å²) in [5, 5.41) is 0. The van der Waals surface area contributed by atoms with Crippen LogP contribution in [-0.4, -0.2) is 47.9 Å². The number of fused-ring (bicyclic) bond motifs is 4. The molecule has 10 aliphatic rings. The molecule has 0 amide bonds. The fraction of sp³-hybridized carbons (Fsp3) is 1.00. The molecular formula is C30H46O9. The minimum atomic E-state index is -0.808. The first-order chi connectivity index (χ1) is 18.6. The van der Waals surface area contributed by atoms with E-state index >= 15 is 0 Å². The smallest absolute Gasteiger partial charge is 0.201 e. The van der Waals surface area contributed by atoms with E-state index in [-0.39, 0.29) is 23.7 Å². The highest BCUT2D eigenvalue weighted by atomic mass is 17.3. The van der Waals surface area contributed by atoms with E-state index in [1.807, 2.05) is 13.8 Å². The second kappa shape index (κ2) is 8.60. The molecule has 8 aliphatic heterocycles. The van der Waals surface area contributed by atoms with Gasteiger partial charge in [-0.15, -0.1) is 0 Å². The van der Waals surface area contributed by atoms with Gasteiger partial charge in [0.2, 0.25) is 11.6 Å². The van der Waals surface area contributed by atoms with Gasteiger partial charge < -0.3 is 23.7 Å². The van der Waals surface area contributed by atoms with Crippen LogP contribution in [0.4, 0.5) is 0 Å². The summed E-state index contributed by atoms with van der Waals surface area (Å²) in [5.41, 5.74) is -1.21. The van der Waals surface area contributed by atoms with Gasteiger partial charge >= 0.3 is 0 Å². The van der Waals surface area contributed by atoms with Crippen molar-refractivity contribution in [3.8, 4) is 0 Å². The Morgan fingerprint density at radius 2 is 0.974 bits per heavy atom. The summed E-state index contributed by atoms with van der Waals surface area (Å²) in [6.07, 6.45) is 5.95. The minimum absolute atomic E-state index is 0.0836. The zero-order valence-corrected chi connectivity index (χ0v) is 24.3. The first kappa shape index (κ1) is 26.3. The third-order valence-electron chi connectivity index (χ3n) is 12.5. The Kier molecular flexibility index (Phi) is 5.80.